The van der Waals surface area contributed by atoms with Gasteiger partial charge in [0, 0.05) is 225 Å². The Hall–Kier alpha value is -16.4. The first-order chi connectivity index (χ1) is 39.2. The number of terminal acetylenes is 3. The van der Waals surface area contributed by atoms with Crippen LogP contribution in [0, 0.1) is 393 Å². The van der Waals surface area contributed by atoms with Gasteiger partial charge < -0.3 is 18.9 Å². The summed E-state index contributed by atoms with van der Waals surface area (Å²) in [5, 5.41) is 0. The molecule has 5 nitrogen and oxygen atoms in total. The molecule has 0 aliphatic carbocycles. The minimum Gasteiger partial charge on any atom is -0.465 e. The van der Waals surface area contributed by atoms with Crippen LogP contribution in [0.1, 0.15) is 10.4 Å². The highest BCUT2D eigenvalue weighted by molar-refractivity contribution is 5.91. The maximum Gasteiger partial charge on any atom is 0.338 e. The molecule has 0 aromatic heterocycles. The molecule has 0 amide bonds. The molecule has 5 heteroatoms. The Labute approximate surface area is 462 Å². The normalized spacial score (nSPS) is 5.04. The lowest BCUT2D eigenvalue weighted by molar-refractivity contribution is 0.0600. The van der Waals surface area contributed by atoms with Crippen LogP contribution in [0.5, 0.6) is 17.2 Å². The second-order valence-electron chi connectivity index (χ2n) is 10.5. The number of carbonyl (C=O) groups excluding carboxylic acids is 1. The summed E-state index contributed by atoms with van der Waals surface area (Å²) in [5.74, 6) is 145. The number of hydrogen-bond donors (Lipinski definition) is 0. The van der Waals surface area contributed by atoms with Crippen molar-refractivity contribution >= 4 is 5.97 Å². The first kappa shape index (κ1) is 60.6. The highest BCUT2D eigenvalue weighted by atomic mass is 16.5. The van der Waals surface area contributed by atoms with Crippen molar-refractivity contribution < 1.29 is 23.7 Å². The van der Waals surface area contributed by atoms with Crippen LogP contribution in [0.2, 0.25) is 0 Å². The fraction of sp³-hybridized carbons (Fsp3) is 0.0135. The van der Waals surface area contributed by atoms with E-state index in [1.807, 2.05) is 0 Å². The van der Waals surface area contributed by atoms with Crippen molar-refractivity contribution in [1.29, 1.82) is 0 Å². The summed E-state index contributed by atoms with van der Waals surface area (Å²) >= 11 is 0. The molecule has 0 aliphatic heterocycles. The van der Waals surface area contributed by atoms with Gasteiger partial charge in [-0.15, -0.1) is 19.3 Å². The van der Waals surface area contributed by atoms with E-state index in [4.69, 9.17) is 38.2 Å². The molecular weight excluding hydrogens is 969 g/mol. The molecule has 1 rings (SSSR count). The summed E-state index contributed by atoms with van der Waals surface area (Å²) in [6, 6.07) is 2.48. The molecule has 0 saturated heterocycles. The summed E-state index contributed by atoms with van der Waals surface area (Å²) in [6.07, 6.45) is 22.0. The Balaban J connectivity index is 3.36. The Morgan fingerprint density at radius 3 is 0.608 bits per heavy atom. The molecule has 334 valence electrons. The van der Waals surface area contributed by atoms with Gasteiger partial charge in [0.05, 0.1) is 12.7 Å². The van der Waals surface area contributed by atoms with Crippen LogP contribution in [0.3, 0.4) is 0 Å². The van der Waals surface area contributed by atoms with Gasteiger partial charge in [-0.1, -0.05) is 0 Å². The van der Waals surface area contributed by atoms with Crippen LogP contribution in [-0.4, -0.2) is 13.1 Å². The van der Waals surface area contributed by atoms with Gasteiger partial charge in [0.1, 0.15) is 18.3 Å². The Kier molecular flexibility index (Phi) is 37.9. The minimum absolute atomic E-state index is 0.0529. The van der Waals surface area contributed by atoms with E-state index in [1.54, 1.807) is 0 Å². The van der Waals surface area contributed by atoms with Gasteiger partial charge in [0.25, 0.3) is 0 Å². The van der Waals surface area contributed by atoms with E-state index in [0.29, 0.717) is 0 Å². The number of benzene rings is 1. The molecule has 0 heterocycles. The van der Waals surface area contributed by atoms with Crippen LogP contribution in [-0.2, 0) is 4.74 Å². The fourth-order valence-electron chi connectivity index (χ4n) is 3.08. The summed E-state index contributed by atoms with van der Waals surface area (Å²) in [4.78, 5) is 12.6. The number of carbonyl (C=O) groups is 1. The van der Waals surface area contributed by atoms with Crippen LogP contribution in [0.15, 0.2) is 12.1 Å². The summed E-state index contributed by atoms with van der Waals surface area (Å²) in [6.45, 7) is 0. The number of hydrogen-bond acceptors (Lipinski definition) is 5. The quantitative estimate of drug-likeness (QED) is 0.339. The molecule has 0 fully saturated rings. The van der Waals surface area contributed by atoms with Gasteiger partial charge in [0.15, 0.2) is 11.5 Å². The maximum absolute atomic E-state index is 12.6. The predicted octanol–water partition coefficient (Wildman–Crippen LogP) is 1.48. The van der Waals surface area contributed by atoms with Crippen molar-refractivity contribution in [3.63, 3.8) is 0 Å². The van der Waals surface area contributed by atoms with Crippen LogP contribution in [0.4, 0.5) is 0 Å². The third-order valence-electron chi connectivity index (χ3n) is 5.66. The third-order valence-corrected chi connectivity index (χ3v) is 5.66. The van der Waals surface area contributed by atoms with E-state index in [9.17, 15) is 4.79 Å². The van der Waals surface area contributed by atoms with E-state index >= 15 is 0 Å². The fourth-order valence-corrected chi connectivity index (χ4v) is 3.08. The highest BCUT2D eigenvalue weighted by Crippen LogP contribution is 2.39. The Bertz CT molecular complexity index is 4770. The molecule has 0 spiro atoms. The number of methoxy groups -OCH3 is 1. The Morgan fingerprint density at radius 1 is 0.266 bits per heavy atom. The molecule has 0 bridgehead atoms. The molecule has 0 radical (unpaired) electrons. The molecule has 1 aromatic rings. The lowest BCUT2D eigenvalue weighted by atomic mass is 10.2. The summed E-state index contributed by atoms with van der Waals surface area (Å²) in [5.41, 5.74) is -0.0529. The monoisotopic (exact) mass is 976 g/mol. The molecule has 1 aromatic carbocycles. The summed E-state index contributed by atoms with van der Waals surface area (Å²) in [7, 11) is 1.16. The van der Waals surface area contributed by atoms with E-state index in [1.165, 1.54) is 12.1 Å². The standard InChI is InChI=1S/C74H8O5/c1-5-8-11-14-17-20-23-26-29-32-35-38-41-44-47-50-53-56-59-62-65-77-71-68-70(74(75)76-4)69-72(78-66-63-60-57-54-51-48-45-42-39-36-33-30-27-24-21-18-15-12-9-6-2)73(71)79-67-64-61-58-55-52-49-46-43-40-37-34-31-28-25-22-19-16-13-10-7-3/h1-3,68-69H,4H3. The van der Waals surface area contributed by atoms with E-state index in [2.05, 4.69) is 374 Å². The van der Waals surface area contributed by atoms with Crippen molar-refractivity contribution in [1.82, 2.24) is 0 Å². The molecule has 79 heavy (non-hydrogen) atoms. The molecule has 0 saturated carbocycles. The SMILES string of the molecule is C#CC#CC#CC#CC#CC#CC#CC#CC#CC#CC#COc1cc(C(=O)OC)cc(OC#CC#CC#CC#CC#CC#CC#CC#CC#CC#CC#C)c1OC#CC#CC#CC#CC#CC#CC#CC#CC#CC#CC#C. The van der Waals surface area contributed by atoms with Crippen molar-refractivity contribution in [2.75, 3.05) is 7.11 Å². The average molecular weight is 977 g/mol. The van der Waals surface area contributed by atoms with Gasteiger partial charge in [-0.3, -0.25) is 0 Å². The lowest BCUT2D eigenvalue weighted by Crippen LogP contribution is -2.04. The van der Waals surface area contributed by atoms with Gasteiger partial charge in [-0.05, 0) is 142 Å². The zero-order valence-corrected chi connectivity index (χ0v) is 39.9. The van der Waals surface area contributed by atoms with Gasteiger partial charge >= 0.3 is 5.97 Å². The largest absolute Gasteiger partial charge is 0.465 e. The van der Waals surface area contributed by atoms with Crippen LogP contribution in [0.25, 0.3) is 0 Å². The molecular formula is C74H8O5. The zero-order chi connectivity index (χ0) is 56.7. The Morgan fingerprint density at radius 2 is 0.430 bits per heavy atom. The smallest absolute Gasteiger partial charge is 0.338 e. The van der Waals surface area contributed by atoms with Crippen molar-refractivity contribution in [3.05, 3.63) is 17.7 Å². The van der Waals surface area contributed by atoms with Crippen molar-refractivity contribution in [2.45, 2.75) is 0 Å². The summed E-state index contributed by atoms with van der Waals surface area (Å²) < 4.78 is 21.6. The van der Waals surface area contributed by atoms with Crippen molar-refractivity contribution in [3.8, 4) is 410 Å². The van der Waals surface area contributed by atoms with Crippen molar-refractivity contribution in [2.24, 2.45) is 0 Å². The van der Waals surface area contributed by atoms with E-state index in [-0.39, 0.29) is 22.8 Å². The zero-order valence-electron chi connectivity index (χ0n) is 39.9. The van der Waals surface area contributed by atoms with Gasteiger partial charge in [-0.25, -0.2) is 4.79 Å². The van der Waals surface area contributed by atoms with Crippen LogP contribution < -0.4 is 14.2 Å². The number of esters is 1. The van der Waals surface area contributed by atoms with Crippen LogP contribution >= 0.6 is 0 Å². The predicted molar refractivity (Wildman–Crippen MR) is 299 cm³/mol. The van der Waals surface area contributed by atoms with E-state index < -0.39 is 5.97 Å². The van der Waals surface area contributed by atoms with Gasteiger partial charge in [0.2, 0.25) is 5.75 Å². The molecule has 0 aliphatic rings. The first-order valence-electron chi connectivity index (χ1n) is 19.8. The molecule has 0 N–H and O–H groups in total. The van der Waals surface area contributed by atoms with E-state index in [0.717, 1.165) is 7.11 Å². The molecule has 0 unspecified atom stereocenters. The average Bonchev–Trinajstić information content (AvgIpc) is 3.46. The van der Waals surface area contributed by atoms with Gasteiger partial charge in [-0.2, -0.15) is 0 Å². The third kappa shape index (κ3) is 39.3. The number of ether oxygens (including phenoxy) is 4. The second kappa shape index (κ2) is 49.5. The second-order valence-corrected chi connectivity index (χ2v) is 10.5. The molecule has 0 atom stereocenters. The topological polar surface area (TPSA) is 54.0 Å². The minimum atomic E-state index is -0.780. The first-order valence-corrected chi connectivity index (χ1v) is 19.8. The number of rotatable bonds is 4. The maximum atomic E-state index is 12.6. The lowest BCUT2D eigenvalue weighted by Gasteiger charge is -2.10. The highest BCUT2D eigenvalue weighted by Gasteiger charge is 2.19.